The van der Waals surface area contributed by atoms with Crippen molar-refractivity contribution in [2.45, 2.75) is 44.5 Å². The Morgan fingerprint density at radius 1 is 1.11 bits per heavy atom. The van der Waals surface area contributed by atoms with Crippen LogP contribution in [0.4, 0.5) is 18.9 Å². The van der Waals surface area contributed by atoms with E-state index < -0.39 is 23.4 Å². The number of carbonyl (C=O) groups excluding carboxylic acids is 1. The molecule has 7 nitrogen and oxygen atoms in total. The van der Waals surface area contributed by atoms with Crippen LogP contribution in [0, 0.1) is 5.92 Å². The molecule has 0 saturated heterocycles. The molecule has 1 aliphatic carbocycles. The lowest BCUT2D eigenvalue weighted by Gasteiger charge is -2.42. The summed E-state index contributed by atoms with van der Waals surface area (Å²) in [6, 6.07) is 12.2. The van der Waals surface area contributed by atoms with Gasteiger partial charge >= 0.3 is 6.18 Å². The van der Waals surface area contributed by atoms with E-state index in [0.717, 1.165) is 30.4 Å². The lowest BCUT2D eigenvalue weighted by atomic mass is 9.71. The third kappa shape index (κ3) is 4.68. The van der Waals surface area contributed by atoms with Crippen molar-refractivity contribution >= 4 is 22.5 Å². The number of rotatable bonds is 5. The molecule has 186 valence electrons. The van der Waals surface area contributed by atoms with Crippen LogP contribution in [0.2, 0.25) is 0 Å². The molecular weight excluding hydrogens is 471 g/mol. The topological polar surface area (TPSA) is 92.9 Å². The second-order valence-corrected chi connectivity index (χ2v) is 9.62. The van der Waals surface area contributed by atoms with Gasteiger partial charge < -0.3 is 10.4 Å². The van der Waals surface area contributed by atoms with Gasteiger partial charge in [0.25, 0.3) is 5.91 Å². The summed E-state index contributed by atoms with van der Waals surface area (Å²) in [4.78, 5) is 20.8. The summed E-state index contributed by atoms with van der Waals surface area (Å²) in [7, 11) is 0. The van der Waals surface area contributed by atoms with Crippen LogP contribution in [0.15, 0.2) is 60.9 Å². The van der Waals surface area contributed by atoms with Crippen LogP contribution in [0.25, 0.3) is 22.2 Å². The number of halogens is 3. The molecular formula is C26H24F3N5O2. The first kappa shape index (κ1) is 23.9. The molecule has 5 rings (SSSR count). The zero-order valence-corrected chi connectivity index (χ0v) is 19.6. The minimum Gasteiger partial charge on any atom is -0.390 e. The summed E-state index contributed by atoms with van der Waals surface area (Å²) >= 11 is 0. The highest BCUT2D eigenvalue weighted by molar-refractivity contribution is 6.06. The Morgan fingerprint density at radius 3 is 2.56 bits per heavy atom. The van der Waals surface area contributed by atoms with Gasteiger partial charge in [0.1, 0.15) is 11.4 Å². The Bertz CT molecular complexity index is 1420. The highest BCUT2D eigenvalue weighted by Crippen LogP contribution is 2.44. The maximum Gasteiger partial charge on any atom is 0.433 e. The highest BCUT2D eigenvalue weighted by atomic mass is 19.4. The highest BCUT2D eigenvalue weighted by Gasteiger charge is 2.40. The number of aliphatic hydroxyl groups is 1. The standard InChI is InChI=1S/C26H24F3N5O2/c1-25(2,36)16-11-17(12-16)34-14-15-10-22(18(13-21(15)33-34)19-6-3-4-9-30-19)32-24(35)20-7-5-8-23(31-20)26(27,28)29/h3-10,13-14,16-17,36H,11-12H2,1-2H3,(H,32,35)/t16-,17-. The number of benzene rings is 1. The number of hydrogen-bond acceptors (Lipinski definition) is 5. The van der Waals surface area contributed by atoms with E-state index >= 15 is 0 Å². The molecule has 0 radical (unpaired) electrons. The van der Waals surface area contributed by atoms with Gasteiger partial charge in [-0.25, -0.2) is 4.98 Å². The SMILES string of the molecule is CC(C)(O)[C@H]1C[C@H](n2cc3cc(NC(=O)c4cccc(C(F)(F)F)n4)c(-c4ccccn4)cc3n2)C1. The summed E-state index contributed by atoms with van der Waals surface area (Å²) < 4.78 is 41.1. The van der Waals surface area contributed by atoms with Crippen LogP contribution in [0.3, 0.4) is 0 Å². The molecule has 1 aromatic carbocycles. The third-order valence-corrected chi connectivity index (χ3v) is 6.61. The first-order valence-corrected chi connectivity index (χ1v) is 11.5. The largest absolute Gasteiger partial charge is 0.433 e. The fraction of sp³-hybridized carbons (Fsp3) is 0.308. The van der Waals surface area contributed by atoms with Crippen LogP contribution < -0.4 is 5.32 Å². The van der Waals surface area contributed by atoms with Gasteiger partial charge in [-0.15, -0.1) is 0 Å². The van der Waals surface area contributed by atoms with Gasteiger partial charge in [-0.3, -0.25) is 14.5 Å². The molecule has 1 aliphatic rings. The Labute approximate surface area is 205 Å². The van der Waals surface area contributed by atoms with E-state index in [-0.39, 0.29) is 17.7 Å². The minimum atomic E-state index is -4.66. The molecule has 2 N–H and O–H groups in total. The average Bonchev–Trinajstić information content (AvgIpc) is 3.19. The van der Waals surface area contributed by atoms with E-state index in [2.05, 4.69) is 15.3 Å². The third-order valence-electron chi connectivity index (χ3n) is 6.61. The Balaban J connectivity index is 1.49. The maximum absolute atomic E-state index is 13.1. The number of carbonyl (C=O) groups is 1. The van der Waals surface area contributed by atoms with Gasteiger partial charge in [0, 0.05) is 23.3 Å². The quantitative estimate of drug-likeness (QED) is 0.382. The van der Waals surface area contributed by atoms with E-state index in [1.807, 2.05) is 10.9 Å². The van der Waals surface area contributed by atoms with Crippen LogP contribution in [-0.4, -0.2) is 36.4 Å². The molecule has 1 amide bonds. The zero-order valence-electron chi connectivity index (χ0n) is 19.6. The van der Waals surface area contributed by atoms with Crippen molar-refractivity contribution in [2.75, 3.05) is 5.32 Å². The molecule has 3 aromatic heterocycles. The molecule has 0 atom stereocenters. The molecule has 3 heterocycles. The summed E-state index contributed by atoms with van der Waals surface area (Å²) in [5.74, 6) is -0.578. The molecule has 36 heavy (non-hydrogen) atoms. The van der Waals surface area contributed by atoms with Crippen LogP contribution in [0.5, 0.6) is 0 Å². The van der Waals surface area contributed by atoms with E-state index in [0.29, 0.717) is 22.5 Å². The number of anilines is 1. The number of hydrogen-bond donors (Lipinski definition) is 2. The van der Waals surface area contributed by atoms with E-state index in [4.69, 9.17) is 5.10 Å². The van der Waals surface area contributed by atoms with Gasteiger partial charge in [0.2, 0.25) is 0 Å². The Hall–Kier alpha value is -3.79. The summed E-state index contributed by atoms with van der Waals surface area (Å²) in [5.41, 5.74) is -0.0000335. The van der Waals surface area contributed by atoms with Gasteiger partial charge in [0.05, 0.1) is 28.5 Å². The minimum absolute atomic E-state index is 0.152. The number of fused-ring (bicyclic) bond motifs is 1. The number of amides is 1. The number of aromatic nitrogens is 4. The fourth-order valence-corrected chi connectivity index (χ4v) is 4.40. The van der Waals surface area contributed by atoms with Gasteiger partial charge in [0.15, 0.2) is 0 Å². The Morgan fingerprint density at radius 2 is 1.89 bits per heavy atom. The van der Waals surface area contributed by atoms with Crippen molar-refractivity contribution < 1.29 is 23.1 Å². The normalized spacial score (nSPS) is 18.2. The molecule has 0 aliphatic heterocycles. The van der Waals surface area contributed by atoms with Crippen molar-refractivity contribution in [1.82, 2.24) is 19.7 Å². The van der Waals surface area contributed by atoms with Crippen LogP contribution in [-0.2, 0) is 6.18 Å². The second kappa shape index (κ2) is 8.70. The van der Waals surface area contributed by atoms with E-state index in [1.165, 1.54) is 6.07 Å². The van der Waals surface area contributed by atoms with Crippen molar-refractivity contribution in [2.24, 2.45) is 5.92 Å². The number of alkyl halides is 3. The van der Waals surface area contributed by atoms with Crippen molar-refractivity contribution in [3.63, 3.8) is 0 Å². The lowest BCUT2D eigenvalue weighted by Crippen LogP contribution is -2.41. The average molecular weight is 496 g/mol. The molecule has 0 unspecified atom stereocenters. The van der Waals surface area contributed by atoms with Gasteiger partial charge in [-0.1, -0.05) is 12.1 Å². The van der Waals surface area contributed by atoms with Crippen molar-refractivity contribution in [1.29, 1.82) is 0 Å². The maximum atomic E-state index is 13.1. The van der Waals surface area contributed by atoms with Crippen molar-refractivity contribution in [3.05, 3.63) is 72.3 Å². The number of nitrogens with one attached hydrogen (secondary N) is 1. The van der Waals surface area contributed by atoms with Gasteiger partial charge in [-0.2, -0.15) is 18.3 Å². The molecule has 4 aromatic rings. The molecule has 0 spiro atoms. The first-order chi connectivity index (χ1) is 17.0. The number of pyridine rings is 2. The monoisotopic (exact) mass is 495 g/mol. The van der Waals surface area contributed by atoms with E-state index in [1.54, 1.807) is 50.4 Å². The number of nitrogens with zero attached hydrogens (tertiary/aromatic N) is 4. The summed E-state index contributed by atoms with van der Waals surface area (Å²) in [6.07, 6.45) is 0.434. The van der Waals surface area contributed by atoms with Crippen LogP contribution in [0.1, 0.15) is 48.9 Å². The summed E-state index contributed by atoms with van der Waals surface area (Å²) in [6.45, 7) is 3.61. The molecule has 1 saturated carbocycles. The molecule has 10 heteroatoms. The Kier molecular flexibility index (Phi) is 5.78. The predicted octanol–water partition coefficient (Wildman–Crippen LogP) is 5.49. The van der Waals surface area contributed by atoms with E-state index in [9.17, 15) is 23.1 Å². The predicted molar refractivity (Wildman–Crippen MR) is 128 cm³/mol. The van der Waals surface area contributed by atoms with Crippen molar-refractivity contribution in [3.8, 4) is 11.3 Å². The van der Waals surface area contributed by atoms with Gasteiger partial charge in [-0.05, 0) is 69.0 Å². The molecule has 1 fully saturated rings. The smallest absolute Gasteiger partial charge is 0.390 e. The first-order valence-electron chi connectivity index (χ1n) is 11.5. The zero-order chi connectivity index (χ0) is 25.7. The fourth-order valence-electron chi connectivity index (χ4n) is 4.40. The summed E-state index contributed by atoms with van der Waals surface area (Å²) in [5, 5.41) is 18.4. The second-order valence-electron chi connectivity index (χ2n) is 9.62. The molecule has 0 bridgehead atoms. The van der Waals surface area contributed by atoms with Crippen LogP contribution >= 0.6 is 0 Å². The lowest BCUT2D eigenvalue weighted by molar-refractivity contribution is -0.141.